The molecule has 1 rings (SSSR count). The van der Waals surface area contributed by atoms with Gasteiger partial charge in [-0.25, -0.2) is 0 Å². The van der Waals surface area contributed by atoms with Crippen molar-refractivity contribution < 1.29 is 14.6 Å². The Morgan fingerprint density at radius 2 is 2.17 bits per heavy atom. The van der Waals surface area contributed by atoms with E-state index in [4.69, 9.17) is 9.84 Å². The first kappa shape index (κ1) is 14.5. The van der Waals surface area contributed by atoms with Crippen LogP contribution in [0.3, 0.4) is 0 Å². The van der Waals surface area contributed by atoms with Crippen LogP contribution in [0.2, 0.25) is 0 Å². The number of aliphatic hydroxyl groups excluding tert-OH is 1. The molecule has 0 aliphatic rings. The maximum absolute atomic E-state index is 12.1. The van der Waals surface area contributed by atoms with Crippen molar-refractivity contribution in [2.75, 3.05) is 13.2 Å². The average molecular weight is 251 g/mol. The topological polar surface area (TPSA) is 58.6 Å². The van der Waals surface area contributed by atoms with E-state index in [1.807, 2.05) is 26.0 Å². The molecule has 2 N–H and O–H groups in total. The maximum atomic E-state index is 12.1. The normalized spacial score (nSPS) is 11.9. The van der Waals surface area contributed by atoms with Crippen molar-refractivity contribution >= 4 is 5.91 Å². The van der Waals surface area contributed by atoms with Crippen LogP contribution in [0.15, 0.2) is 24.3 Å². The molecule has 1 aromatic rings. The minimum Gasteiger partial charge on any atom is -0.493 e. The van der Waals surface area contributed by atoms with Crippen LogP contribution in [0.4, 0.5) is 0 Å². The first-order valence-electron chi connectivity index (χ1n) is 6.32. The summed E-state index contributed by atoms with van der Waals surface area (Å²) in [5.74, 6) is 0.469. The number of aliphatic hydroxyl groups is 1. The Hall–Kier alpha value is -1.55. The fourth-order valence-corrected chi connectivity index (χ4v) is 1.71. The summed E-state index contributed by atoms with van der Waals surface area (Å²) in [6.45, 7) is 4.50. The van der Waals surface area contributed by atoms with Gasteiger partial charge in [-0.1, -0.05) is 12.1 Å². The Morgan fingerprint density at radius 1 is 1.44 bits per heavy atom. The van der Waals surface area contributed by atoms with Gasteiger partial charge in [0.05, 0.1) is 12.2 Å². The van der Waals surface area contributed by atoms with Crippen LogP contribution in [0.1, 0.15) is 37.0 Å². The highest BCUT2D eigenvalue weighted by Crippen LogP contribution is 2.18. The minimum absolute atomic E-state index is 0.0410. The number of amides is 1. The zero-order chi connectivity index (χ0) is 13.4. The molecule has 0 aliphatic heterocycles. The molecular weight excluding hydrogens is 230 g/mol. The number of benzene rings is 1. The lowest BCUT2D eigenvalue weighted by atomic mass is 10.1. The SMILES string of the molecule is CCOc1ccccc1C(=O)NC(C)CCCO. The van der Waals surface area contributed by atoms with E-state index in [0.717, 1.165) is 6.42 Å². The summed E-state index contributed by atoms with van der Waals surface area (Å²) >= 11 is 0. The fourth-order valence-electron chi connectivity index (χ4n) is 1.71. The fraction of sp³-hybridized carbons (Fsp3) is 0.500. The van der Waals surface area contributed by atoms with Gasteiger partial charge < -0.3 is 15.2 Å². The number of carbonyl (C=O) groups is 1. The molecule has 0 bridgehead atoms. The standard InChI is InChI=1S/C14H21NO3/c1-3-18-13-9-5-4-8-12(13)14(17)15-11(2)7-6-10-16/h4-5,8-9,11,16H,3,6-7,10H2,1-2H3,(H,15,17). The zero-order valence-electron chi connectivity index (χ0n) is 11.0. The van der Waals surface area contributed by atoms with Gasteiger partial charge in [0.2, 0.25) is 0 Å². The van der Waals surface area contributed by atoms with Gasteiger partial charge in [-0.3, -0.25) is 4.79 Å². The largest absolute Gasteiger partial charge is 0.493 e. The number of hydrogen-bond acceptors (Lipinski definition) is 3. The van der Waals surface area contributed by atoms with Crippen LogP contribution in [0.25, 0.3) is 0 Å². The summed E-state index contributed by atoms with van der Waals surface area (Å²) in [7, 11) is 0. The van der Waals surface area contributed by atoms with E-state index in [0.29, 0.717) is 24.3 Å². The monoisotopic (exact) mass is 251 g/mol. The van der Waals surface area contributed by atoms with Crippen LogP contribution in [0.5, 0.6) is 5.75 Å². The molecule has 0 heterocycles. The highest BCUT2D eigenvalue weighted by Gasteiger charge is 2.13. The third-order valence-electron chi connectivity index (χ3n) is 2.60. The molecule has 1 atom stereocenters. The van der Waals surface area contributed by atoms with Gasteiger partial charge in [0, 0.05) is 12.6 Å². The summed E-state index contributed by atoms with van der Waals surface area (Å²) in [5.41, 5.74) is 0.551. The lowest BCUT2D eigenvalue weighted by Gasteiger charge is -2.15. The first-order valence-corrected chi connectivity index (χ1v) is 6.32. The van der Waals surface area contributed by atoms with Crippen molar-refractivity contribution in [2.45, 2.75) is 32.7 Å². The van der Waals surface area contributed by atoms with Crippen LogP contribution in [-0.2, 0) is 0 Å². The quantitative estimate of drug-likeness (QED) is 0.779. The first-order chi connectivity index (χ1) is 8.69. The molecule has 4 heteroatoms. The van der Waals surface area contributed by atoms with Gasteiger partial charge in [0.1, 0.15) is 5.75 Å². The predicted molar refractivity (Wildman–Crippen MR) is 70.9 cm³/mol. The lowest BCUT2D eigenvalue weighted by molar-refractivity contribution is 0.0932. The summed E-state index contributed by atoms with van der Waals surface area (Å²) in [6, 6.07) is 7.24. The van der Waals surface area contributed by atoms with Gasteiger partial charge in [0.15, 0.2) is 0 Å². The third kappa shape index (κ3) is 4.37. The lowest BCUT2D eigenvalue weighted by Crippen LogP contribution is -2.32. The van der Waals surface area contributed by atoms with E-state index < -0.39 is 0 Å². The molecule has 0 saturated carbocycles. The second-order valence-corrected chi connectivity index (χ2v) is 4.17. The molecule has 0 aliphatic carbocycles. The molecule has 1 aromatic carbocycles. The van der Waals surface area contributed by atoms with Gasteiger partial charge in [-0.15, -0.1) is 0 Å². The maximum Gasteiger partial charge on any atom is 0.255 e. The highest BCUT2D eigenvalue weighted by atomic mass is 16.5. The number of nitrogens with one attached hydrogen (secondary N) is 1. The number of carbonyl (C=O) groups excluding carboxylic acids is 1. The molecule has 18 heavy (non-hydrogen) atoms. The van der Waals surface area contributed by atoms with E-state index >= 15 is 0 Å². The second kappa shape index (κ2) is 7.71. The van der Waals surface area contributed by atoms with Gasteiger partial charge in [0.25, 0.3) is 5.91 Å². The van der Waals surface area contributed by atoms with Gasteiger partial charge in [-0.2, -0.15) is 0 Å². The number of para-hydroxylation sites is 1. The van der Waals surface area contributed by atoms with Crippen molar-refractivity contribution in [1.82, 2.24) is 5.32 Å². The minimum atomic E-state index is -0.135. The van der Waals surface area contributed by atoms with Crippen LogP contribution < -0.4 is 10.1 Å². The predicted octanol–water partition coefficient (Wildman–Crippen LogP) is 1.98. The van der Waals surface area contributed by atoms with E-state index in [9.17, 15) is 4.79 Å². The highest BCUT2D eigenvalue weighted by molar-refractivity contribution is 5.97. The number of hydrogen-bond donors (Lipinski definition) is 2. The van der Waals surface area contributed by atoms with Crippen LogP contribution >= 0.6 is 0 Å². The smallest absolute Gasteiger partial charge is 0.255 e. The van der Waals surface area contributed by atoms with E-state index in [2.05, 4.69) is 5.32 Å². The van der Waals surface area contributed by atoms with Gasteiger partial charge in [-0.05, 0) is 38.8 Å². The average Bonchev–Trinajstić information content (AvgIpc) is 2.37. The van der Waals surface area contributed by atoms with Gasteiger partial charge >= 0.3 is 0 Å². The summed E-state index contributed by atoms with van der Waals surface area (Å²) in [4.78, 5) is 12.1. The van der Waals surface area contributed by atoms with Crippen molar-refractivity contribution in [3.05, 3.63) is 29.8 Å². The molecule has 0 saturated heterocycles. The van der Waals surface area contributed by atoms with Crippen molar-refractivity contribution in [3.63, 3.8) is 0 Å². The van der Waals surface area contributed by atoms with E-state index in [1.165, 1.54) is 0 Å². The molecule has 4 nitrogen and oxygen atoms in total. The van der Waals surface area contributed by atoms with Crippen molar-refractivity contribution in [2.24, 2.45) is 0 Å². The molecule has 1 amide bonds. The van der Waals surface area contributed by atoms with E-state index in [-0.39, 0.29) is 18.6 Å². The molecule has 1 unspecified atom stereocenters. The Morgan fingerprint density at radius 3 is 2.83 bits per heavy atom. The third-order valence-corrected chi connectivity index (χ3v) is 2.60. The summed E-state index contributed by atoms with van der Waals surface area (Å²) < 4.78 is 5.42. The number of rotatable bonds is 7. The Kier molecular flexibility index (Phi) is 6.22. The molecule has 0 radical (unpaired) electrons. The summed E-state index contributed by atoms with van der Waals surface area (Å²) in [5, 5.41) is 11.6. The molecule has 0 aromatic heterocycles. The number of ether oxygens (including phenoxy) is 1. The zero-order valence-corrected chi connectivity index (χ0v) is 11.0. The second-order valence-electron chi connectivity index (χ2n) is 4.17. The van der Waals surface area contributed by atoms with Crippen molar-refractivity contribution in [3.8, 4) is 5.75 Å². The Balaban J connectivity index is 2.65. The summed E-state index contributed by atoms with van der Waals surface area (Å²) in [6.07, 6.45) is 1.45. The molecule has 0 spiro atoms. The van der Waals surface area contributed by atoms with E-state index in [1.54, 1.807) is 12.1 Å². The Labute approximate surface area is 108 Å². The Bertz CT molecular complexity index is 379. The van der Waals surface area contributed by atoms with Crippen molar-refractivity contribution in [1.29, 1.82) is 0 Å². The van der Waals surface area contributed by atoms with Crippen LogP contribution in [0, 0.1) is 0 Å². The molecule has 100 valence electrons. The molecular formula is C14H21NO3. The molecule has 0 fully saturated rings. The van der Waals surface area contributed by atoms with Crippen LogP contribution in [-0.4, -0.2) is 30.3 Å².